The van der Waals surface area contributed by atoms with Crippen molar-refractivity contribution in [2.75, 3.05) is 18.5 Å². The van der Waals surface area contributed by atoms with E-state index in [9.17, 15) is 9.18 Å². The number of carbonyl (C=O) groups excluding carboxylic acids is 1. The van der Waals surface area contributed by atoms with Crippen LogP contribution in [0.15, 0.2) is 40.9 Å². The van der Waals surface area contributed by atoms with Gasteiger partial charge in [0, 0.05) is 11.8 Å². The summed E-state index contributed by atoms with van der Waals surface area (Å²) in [5.41, 5.74) is 0.614. The highest BCUT2D eigenvalue weighted by atomic mass is 79.9. The highest BCUT2D eigenvalue weighted by molar-refractivity contribution is 9.10. The standard InChI is InChI=1S/C16H14BrClFNO3/c1-2-22-11-5-3-10(4-6-11)20-16(21)9-23-15-8-14(19)13(18)7-12(15)17/h3-8H,2,9H2,1H3,(H,20,21). The molecule has 0 bridgehead atoms. The normalized spacial score (nSPS) is 10.3. The average molecular weight is 403 g/mol. The molecular weight excluding hydrogens is 389 g/mol. The zero-order valence-electron chi connectivity index (χ0n) is 12.2. The van der Waals surface area contributed by atoms with Crippen LogP contribution < -0.4 is 14.8 Å². The molecule has 2 rings (SSSR count). The van der Waals surface area contributed by atoms with E-state index in [4.69, 9.17) is 21.1 Å². The van der Waals surface area contributed by atoms with Crippen LogP contribution in [0.25, 0.3) is 0 Å². The van der Waals surface area contributed by atoms with E-state index >= 15 is 0 Å². The summed E-state index contributed by atoms with van der Waals surface area (Å²) in [7, 11) is 0. The molecule has 2 aromatic carbocycles. The van der Waals surface area contributed by atoms with Crippen LogP contribution >= 0.6 is 27.5 Å². The van der Waals surface area contributed by atoms with Gasteiger partial charge >= 0.3 is 0 Å². The maximum Gasteiger partial charge on any atom is 0.262 e. The van der Waals surface area contributed by atoms with Crippen molar-refractivity contribution in [2.45, 2.75) is 6.92 Å². The summed E-state index contributed by atoms with van der Waals surface area (Å²) in [6.45, 7) is 2.21. The second-order valence-corrected chi connectivity index (χ2v) is 5.75. The van der Waals surface area contributed by atoms with Crippen molar-refractivity contribution in [3.63, 3.8) is 0 Å². The van der Waals surface area contributed by atoms with E-state index in [0.29, 0.717) is 16.8 Å². The number of halogens is 3. The summed E-state index contributed by atoms with van der Waals surface area (Å²) in [6.07, 6.45) is 0. The highest BCUT2D eigenvalue weighted by Gasteiger charge is 2.10. The van der Waals surface area contributed by atoms with Gasteiger partial charge in [-0.05, 0) is 53.2 Å². The molecule has 0 unspecified atom stereocenters. The summed E-state index contributed by atoms with van der Waals surface area (Å²) in [5, 5.41) is 2.65. The molecule has 0 aliphatic rings. The fraction of sp³-hybridized carbons (Fsp3) is 0.188. The van der Waals surface area contributed by atoms with Crippen LogP contribution in [0.3, 0.4) is 0 Å². The molecule has 0 aliphatic heterocycles. The van der Waals surface area contributed by atoms with Gasteiger partial charge in [-0.15, -0.1) is 0 Å². The predicted molar refractivity (Wildman–Crippen MR) is 90.8 cm³/mol. The number of carbonyl (C=O) groups is 1. The quantitative estimate of drug-likeness (QED) is 0.715. The number of anilines is 1. The molecule has 1 N–H and O–H groups in total. The summed E-state index contributed by atoms with van der Waals surface area (Å²) in [5.74, 6) is -0.0516. The van der Waals surface area contributed by atoms with Gasteiger partial charge in [-0.2, -0.15) is 0 Å². The third-order valence-electron chi connectivity index (χ3n) is 2.78. The highest BCUT2D eigenvalue weighted by Crippen LogP contribution is 2.30. The molecule has 0 fully saturated rings. The van der Waals surface area contributed by atoms with Gasteiger partial charge in [0.15, 0.2) is 6.61 Å². The summed E-state index contributed by atoms with van der Waals surface area (Å²) >= 11 is 8.84. The number of rotatable bonds is 6. The molecule has 4 nitrogen and oxygen atoms in total. The number of hydrogen-bond donors (Lipinski definition) is 1. The van der Waals surface area contributed by atoms with Crippen molar-refractivity contribution in [2.24, 2.45) is 0 Å². The molecule has 0 aromatic heterocycles. The van der Waals surface area contributed by atoms with Crippen LogP contribution in [0, 0.1) is 5.82 Å². The van der Waals surface area contributed by atoms with Gasteiger partial charge in [0.1, 0.15) is 17.3 Å². The monoisotopic (exact) mass is 401 g/mol. The first-order valence-electron chi connectivity index (χ1n) is 6.79. The van der Waals surface area contributed by atoms with Crippen molar-refractivity contribution < 1.29 is 18.7 Å². The molecule has 0 saturated heterocycles. The minimum Gasteiger partial charge on any atom is -0.494 e. The molecule has 0 spiro atoms. The van der Waals surface area contributed by atoms with Crippen molar-refractivity contribution in [3.8, 4) is 11.5 Å². The van der Waals surface area contributed by atoms with Crippen molar-refractivity contribution in [1.29, 1.82) is 0 Å². The molecule has 0 radical (unpaired) electrons. The summed E-state index contributed by atoms with van der Waals surface area (Å²) in [6, 6.07) is 9.45. The Morgan fingerprint density at radius 3 is 2.61 bits per heavy atom. The molecule has 2 aromatic rings. The lowest BCUT2D eigenvalue weighted by Crippen LogP contribution is -2.20. The SMILES string of the molecule is CCOc1ccc(NC(=O)COc2cc(F)c(Cl)cc2Br)cc1. The van der Waals surface area contributed by atoms with Gasteiger partial charge in [-0.25, -0.2) is 4.39 Å². The molecule has 0 saturated carbocycles. The van der Waals surface area contributed by atoms with Gasteiger partial charge < -0.3 is 14.8 Å². The molecule has 0 heterocycles. The lowest BCUT2D eigenvalue weighted by Gasteiger charge is -2.10. The molecular formula is C16H14BrClFNO3. The lowest BCUT2D eigenvalue weighted by molar-refractivity contribution is -0.118. The number of amides is 1. The number of hydrogen-bond acceptors (Lipinski definition) is 3. The van der Waals surface area contributed by atoms with E-state index in [-0.39, 0.29) is 23.3 Å². The minimum atomic E-state index is -0.614. The smallest absolute Gasteiger partial charge is 0.262 e. The number of ether oxygens (including phenoxy) is 2. The molecule has 122 valence electrons. The Hall–Kier alpha value is -1.79. The van der Waals surface area contributed by atoms with E-state index in [1.165, 1.54) is 6.07 Å². The fourth-order valence-corrected chi connectivity index (χ4v) is 2.51. The summed E-state index contributed by atoms with van der Waals surface area (Å²) < 4.78 is 24.5. The van der Waals surface area contributed by atoms with E-state index in [2.05, 4.69) is 21.2 Å². The molecule has 23 heavy (non-hydrogen) atoms. The Labute approximate surface area is 146 Å². The summed E-state index contributed by atoms with van der Waals surface area (Å²) in [4.78, 5) is 11.9. The van der Waals surface area contributed by atoms with Crippen molar-refractivity contribution >= 4 is 39.1 Å². The van der Waals surface area contributed by atoms with E-state index in [1.807, 2.05) is 6.92 Å². The van der Waals surface area contributed by atoms with Gasteiger partial charge in [0.25, 0.3) is 5.91 Å². The zero-order valence-corrected chi connectivity index (χ0v) is 14.6. The Morgan fingerprint density at radius 1 is 1.26 bits per heavy atom. The first-order valence-corrected chi connectivity index (χ1v) is 7.96. The fourth-order valence-electron chi connectivity index (χ4n) is 1.76. The second-order valence-electron chi connectivity index (χ2n) is 4.49. The average Bonchev–Trinajstić information content (AvgIpc) is 2.52. The van der Waals surface area contributed by atoms with Crippen LogP contribution in [0.1, 0.15) is 6.92 Å². The molecule has 0 aliphatic carbocycles. The van der Waals surface area contributed by atoms with Gasteiger partial charge in [0.2, 0.25) is 0 Å². The molecule has 1 amide bonds. The van der Waals surface area contributed by atoms with E-state index in [0.717, 1.165) is 11.8 Å². The first-order chi connectivity index (χ1) is 11.0. The third-order valence-corrected chi connectivity index (χ3v) is 3.69. The molecule has 0 atom stereocenters. The van der Waals surface area contributed by atoms with Gasteiger partial charge in [-0.3, -0.25) is 4.79 Å². The minimum absolute atomic E-state index is 0.0249. The zero-order chi connectivity index (χ0) is 16.8. The van der Waals surface area contributed by atoms with Crippen LogP contribution in [0.5, 0.6) is 11.5 Å². The maximum atomic E-state index is 13.4. The first kappa shape index (κ1) is 17.6. The van der Waals surface area contributed by atoms with E-state index in [1.54, 1.807) is 24.3 Å². The lowest BCUT2D eigenvalue weighted by atomic mass is 10.3. The Kier molecular flexibility index (Phi) is 6.24. The van der Waals surface area contributed by atoms with E-state index < -0.39 is 5.82 Å². The topological polar surface area (TPSA) is 47.6 Å². The van der Waals surface area contributed by atoms with Crippen LogP contribution in [-0.4, -0.2) is 19.1 Å². The Morgan fingerprint density at radius 2 is 1.96 bits per heavy atom. The van der Waals surface area contributed by atoms with Crippen LogP contribution in [-0.2, 0) is 4.79 Å². The van der Waals surface area contributed by atoms with Gasteiger partial charge in [-0.1, -0.05) is 11.6 Å². The Balaban J connectivity index is 1.91. The second kappa shape index (κ2) is 8.17. The maximum absolute atomic E-state index is 13.4. The van der Waals surface area contributed by atoms with Crippen molar-refractivity contribution in [3.05, 3.63) is 51.7 Å². The van der Waals surface area contributed by atoms with Crippen molar-refractivity contribution in [1.82, 2.24) is 0 Å². The third kappa shape index (κ3) is 5.11. The predicted octanol–water partition coefficient (Wildman–Crippen LogP) is 4.66. The largest absolute Gasteiger partial charge is 0.494 e. The van der Waals surface area contributed by atoms with Crippen LogP contribution in [0.2, 0.25) is 5.02 Å². The number of benzene rings is 2. The van der Waals surface area contributed by atoms with Gasteiger partial charge in [0.05, 0.1) is 16.1 Å². The molecule has 7 heteroatoms. The number of nitrogens with one attached hydrogen (secondary N) is 1. The van der Waals surface area contributed by atoms with Crippen LogP contribution in [0.4, 0.5) is 10.1 Å². The Bertz CT molecular complexity index is 694.